The third-order valence-corrected chi connectivity index (χ3v) is 7.23. The normalized spacial score (nSPS) is 13.8. The molecule has 0 unspecified atom stereocenters. The number of piperazine rings is 1. The molecule has 1 aliphatic heterocycles. The average molecular weight is 568 g/mol. The number of carboxylic acid groups (broad SMARTS) is 1. The Labute approximate surface area is 240 Å². The predicted molar refractivity (Wildman–Crippen MR) is 149 cm³/mol. The van der Waals surface area contributed by atoms with Gasteiger partial charge in [0.1, 0.15) is 36.8 Å². The van der Waals surface area contributed by atoms with Crippen molar-refractivity contribution in [3.05, 3.63) is 102 Å². The highest BCUT2D eigenvalue weighted by molar-refractivity contribution is 5.92. The van der Waals surface area contributed by atoms with Crippen LogP contribution in [0.4, 0.5) is 10.1 Å². The Morgan fingerprint density at radius 2 is 1.95 bits per heavy atom. The number of nitriles is 1. The summed E-state index contributed by atoms with van der Waals surface area (Å²) in [5.74, 6) is 0.359. The minimum Gasteiger partial charge on any atom is -0.487 e. The van der Waals surface area contributed by atoms with E-state index in [1.165, 1.54) is 12.3 Å². The largest absolute Gasteiger partial charge is 0.487 e. The molecule has 0 bridgehead atoms. The third kappa shape index (κ3) is 5.77. The van der Waals surface area contributed by atoms with Crippen LogP contribution in [0.25, 0.3) is 11.0 Å². The summed E-state index contributed by atoms with van der Waals surface area (Å²) < 4.78 is 27.5. The third-order valence-electron chi connectivity index (χ3n) is 7.23. The van der Waals surface area contributed by atoms with Crippen molar-refractivity contribution >= 4 is 22.7 Å². The number of oxazole rings is 1. The molecule has 1 saturated heterocycles. The van der Waals surface area contributed by atoms with Crippen LogP contribution < -0.4 is 9.64 Å². The molecule has 11 nitrogen and oxygen atoms in total. The molecule has 12 heteroatoms. The van der Waals surface area contributed by atoms with Gasteiger partial charge in [0.2, 0.25) is 5.89 Å². The number of benzene rings is 2. The summed E-state index contributed by atoms with van der Waals surface area (Å²) in [5, 5.41) is 18.4. The molecule has 1 aliphatic rings. The van der Waals surface area contributed by atoms with E-state index in [9.17, 15) is 14.3 Å². The molecule has 0 aliphatic carbocycles. The zero-order valence-electron chi connectivity index (χ0n) is 22.5. The minimum atomic E-state index is -0.996. The number of hydrogen-bond acceptors (Lipinski definition) is 9. The number of fused-ring (bicyclic) bond motifs is 1. The summed E-state index contributed by atoms with van der Waals surface area (Å²) in [4.78, 5) is 29.5. The number of carbonyl (C=O) groups is 1. The van der Waals surface area contributed by atoms with Crippen LogP contribution in [0.5, 0.6) is 5.75 Å². The minimum absolute atomic E-state index is 0.0267. The fourth-order valence-corrected chi connectivity index (χ4v) is 4.99. The first-order valence-electron chi connectivity index (χ1n) is 13.3. The van der Waals surface area contributed by atoms with Gasteiger partial charge in [0.25, 0.3) is 0 Å². The summed E-state index contributed by atoms with van der Waals surface area (Å²) in [6.45, 7) is 3.97. The molecule has 1 fully saturated rings. The Bertz CT molecular complexity index is 1770. The summed E-state index contributed by atoms with van der Waals surface area (Å²) in [7, 11) is 0. The first kappa shape index (κ1) is 26.9. The highest BCUT2D eigenvalue weighted by Gasteiger charge is 2.22. The fraction of sp³-hybridized carbons (Fsp3) is 0.233. The average Bonchev–Trinajstić information content (AvgIpc) is 3.65. The number of rotatable bonds is 9. The molecule has 3 aromatic heterocycles. The highest BCUT2D eigenvalue weighted by atomic mass is 19.1. The van der Waals surface area contributed by atoms with Crippen molar-refractivity contribution in [2.45, 2.75) is 19.7 Å². The van der Waals surface area contributed by atoms with Crippen LogP contribution >= 0.6 is 0 Å². The first-order chi connectivity index (χ1) is 20.5. The van der Waals surface area contributed by atoms with Crippen LogP contribution in [0.15, 0.2) is 71.7 Å². The standard InChI is InChI=1S/C30H26FN7O4/c31-25-11-20(14-32)1-2-22(25)19-42-24-13-23(15-33-16-24)37-8-6-36(7-9-37)17-28-35-26-4-3-21(30(39)40)12-27(26)38(28)18-29-34-5-10-41-29/h1-5,10-13,15-16H,6-9,17-19H2,(H,39,40). The maximum Gasteiger partial charge on any atom is 0.335 e. The van der Waals surface area contributed by atoms with E-state index >= 15 is 0 Å². The summed E-state index contributed by atoms with van der Waals surface area (Å²) in [6, 6.07) is 13.0. The van der Waals surface area contributed by atoms with Gasteiger partial charge in [-0.15, -0.1) is 0 Å². The zero-order valence-corrected chi connectivity index (χ0v) is 22.5. The molecule has 0 radical (unpaired) electrons. The maximum absolute atomic E-state index is 14.2. The number of carboxylic acids is 1. The molecule has 1 N–H and O–H groups in total. The van der Waals surface area contributed by atoms with E-state index in [2.05, 4.69) is 19.8 Å². The number of halogens is 1. The van der Waals surface area contributed by atoms with Gasteiger partial charge in [-0.1, -0.05) is 6.07 Å². The van der Waals surface area contributed by atoms with Crippen molar-refractivity contribution in [1.29, 1.82) is 5.26 Å². The SMILES string of the molecule is N#Cc1ccc(COc2cncc(N3CCN(Cc4nc5ccc(C(=O)O)cc5n4Cc4ncco4)CC3)c2)c(F)c1. The predicted octanol–water partition coefficient (Wildman–Crippen LogP) is 4.08. The highest BCUT2D eigenvalue weighted by Crippen LogP contribution is 2.24. The van der Waals surface area contributed by atoms with E-state index in [0.717, 1.165) is 37.7 Å². The number of aromatic carboxylic acids is 1. The number of aromatic nitrogens is 4. The smallest absolute Gasteiger partial charge is 0.335 e. The van der Waals surface area contributed by atoms with Gasteiger partial charge in [-0.25, -0.2) is 19.2 Å². The van der Waals surface area contributed by atoms with E-state index in [-0.39, 0.29) is 17.7 Å². The topological polar surface area (TPSA) is 134 Å². The number of nitrogens with zero attached hydrogens (tertiary/aromatic N) is 7. The lowest BCUT2D eigenvalue weighted by atomic mass is 10.1. The second kappa shape index (κ2) is 11.7. The van der Waals surface area contributed by atoms with E-state index in [1.54, 1.807) is 48.9 Å². The van der Waals surface area contributed by atoms with Gasteiger partial charge >= 0.3 is 5.97 Å². The van der Waals surface area contributed by atoms with Crippen LogP contribution in [0.2, 0.25) is 0 Å². The molecule has 5 aromatic rings. The van der Waals surface area contributed by atoms with E-state index < -0.39 is 11.8 Å². The van der Waals surface area contributed by atoms with Gasteiger partial charge in [0.15, 0.2) is 0 Å². The molecule has 0 amide bonds. The fourth-order valence-electron chi connectivity index (χ4n) is 4.99. The number of hydrogen-bond donors (Lipinski definition) is 1. The van der Waals surface area contributed by atoms with Crippen LogP contribution in [-0.2, 0) is 19.7 Å². The number of pyridine rings is 1. The molecule has 0 atom stereocenters. The van der Waals surface area contributed by atoms with Crippen molar-refractivity contribution < 1.29 is 23.4 Å². The molecule has 212 valence electrons. The number of ether oxygens (including phenoxy) is 1. The van der Waals surface area contributed by atoms with Crippen LogP contribution in [0.1, 0.15) is 33.2 Å². The van der Waals surface area contributed by atoms with Gasteiger partial charge in [-0.3, -0.25) is 9.88 Å². The quantitative estimate of drug-likeness (QED) is 0.278. The Kier molecular flexibility index (Phi) is 7.49. The molecule has 4 heterocycles. The van der Waals surface area contributed by atoms with Gasteiger partial charge in [0.05, 0.1) is 59.1 Å². The van der Waals surface area contributed by atoms with Crippen molar-refractivity contribution in [3.63, 3.8) is 0 Å². The molecular formula is C30H26FN7O4. The van der Waals surface area contributed by atoms with Crippen LogP contribution in [0, 0.1) is 17.1 Å². The Balaban J connectivity index is 1.12. The summed E-state index contributed by atoms with van der Waals surface area (Å²) >= 11 is 0. The molecule has 6 rings (SSSR count). The lowest BCUT2D eigenvalue weighted by molar-refractivity contribution is 0.0697. The summed E-state index contributed by atoms with van der Waals surface area (Å²) in [6.07, 6.45) is 6.46. The van der Waals surface area contributed by atoms with Crippen LogP contribution in [0.3, 0.4) is 0 Å². The van der Waals surface area contributed by atoms with Gasteiger partial charge in [0, 0.05) is 37.8 Å². The lowest BCUT2D eigenvalue weighted by Gasteiger charge is -2.35. The second-order valence-corrected chi connectivity index (χ2v) is 9.90. The number of imidazole rings is 1. The monoisotopic (exact) mass is 567 g/mol. The number of anilines is 1. The van der Waals surface area contributed by atoms with Crippen molar-refractivity contribution in [3.8, 4) is 11.8 Å². The van der Waals surface area contributed by atoms with Crippen molar-refractivity contribution in [2.24, 2.45) is 0 Å². The zero-order chi connectivity index (χ0) is 29.1. The lowest BCUT2D eigenvalue weighted by Crippen LogP contribution is -2.46. The van der Waals surface area contributed by atoms with E-state index in [1.807, 2.05) is 16.7 Å². The van der Waals surface area contributed by atoms with Crippen molar-refractivity contribution in [1.82, 2.24) is 24.4 Å². The Hall–Kier alpha value is -5.28. The second-order valence-electron chi connectivity index (χ2n) is 9.90. The summed E-state index contributed by atoms with van der Waals surface area (Å²) in [5.41, 5.74) is 3.15. The van der Waals surface area contributed by atoms with Crippen LogP contribution in [-0.4, -0.2) is 61.7 Å². The maximum atomic E-state index is 14.2. The van der Waals surface area contributed by atoms with Gasteiger partial charge < -0.3 is 23.7 Å². The molecule has 0 spiro atoms. The Morgan fingerprint density at radius 1 is 1.10 bits per heavy atom. The molecule has 42 heavy (non-hydrogen) atoms. The Morgan fingerprint density at radius 3 is 2.69 bits per heavy atom. The molecule has 2 aromatic carbocycles. The molecular weight excluding hydrogens is 541 g/mol. The molecule has 0 saturated carbocycles. The van der Waals surface area contributed by atoms with Crippen molar-refractivity contribution in [2.75, 3.05) is 31.1 Å². The van der Waals surface area contributed by atoms with E-state index in [4.69, 9.17) is 19.4 Å². The van der Waals surface area contributed by atoms with Gasteiger partial charge in [-0.2, -0.15) is 5.26 Å². The van der Waals surface area contributed by atoms with Gasteiger partial charge in [-0.05, 0) is 30.3 Å². The first-order valence-corrected chi connectivity index (χ1v) is 13.3. The van der Waals surface area contributed by atoms with E-state index in [0.29, 0.717) is 41.3 Å².